The average Bonchev–Trinajstić information content (AvgIpc) is 3.13. The molecule has 2 heterocycles. The molecule has 7 heteroatoms. The van der Waals surface area contributed by atoms with E-state index in [1.165, 1.54) is 7.11 Å². The molecular weight excluding hydrogens is 344 g/mol. The van der Waals surface area contributed by atoms with Gasteiger partial charge in [-0.1, -0.05) is 6.07 Å². The van der Waals surface area contributed by atoms with Crippen molar-refractivity contribution >= 4 is 22.8 Å². The predicted octanol–water partition coefficient (Wildman–Crippen LogP) is 2.92. The first-order chi connectivity index (χ1) is 13.2. The van der Waals surface area contributed by atoms with Crippen molar-refractivity contribution in [3.63, 3.8) is 0 Å². The number of aromatic nitrogens is 3. The normalized spacial score (nSPS) is 19.8. The van der Waals surface area contributed by atoms with E-state index in [1.54, 1.807) is 12.3 Å². The van der Waals surface area contributed by atoms with Crippen LogP contribution >= 0.6 is 0 Å². The molecule has 1 fully saturated rings. The highest BCUT2D eigenvalue weighted by molar-refractivity contribution is 6.04. The molecule has 1 aromatic carbocycles. The summed E-state index contributed by atoms with van der Waals surface area (Å²) in [5.41, 5.74) is 1.41. The average molecular weight is 366 g/mol. The summed E-state index contributed by atoms with van der Waals surface area (Å²) in [6, 6.07) is 9.52. The van der Waals surface area contributed by atoms with Gasteiger partial charge in [-0.3, -0.25) is 0 Å². The van der Waals surface area contributed by atoms with E-state index in [9.17, 15) is 9.90 Å². The third kappa shape index (κ3) is 3.50. The first-order valence-corrected chi connectivity index (χ1v) is 9.12. The molecule has 4 rings (SSSR count). The first-order valence-electron chi connectivity index (χ1n) is 9.12. The lowest BCUT2D eigenvalue weighted by molar-refractivity contribution is 0.0603. The van der Waals surface area contributed by atoms with Gasteiger partial charge in [0.1, 0.15) is 5.82 Å². The van der Waals surface area contributed by atoms with Gasteiger partial charge in [0.25, 0.3) is 0 Å². The molecule has 0 spiro atoms. The van der Waals surface area contributed by atoms with Gasteiger partial charge in [0, 0.05) is 23.8 Å². The molecule has 3 aromatic rings. The standard InChI is InChI=1S/C20H22N4O3/c1-27-19(26)16-3-2-4-17-15(16)10-12-24(17)18-9-11-21-20(23-18)22-13-5-7-14(25)8-6-13/h2-4,9-14,25H,5-8H2,1H3,(H,21,22,23). The number of anilines is 1. The van der Waals surface area contributed by atoms with Crippen molar-refractivity contribution in [1.29, 1.82) is 0 Å². The van der Waals surface area contributed by atoms with Gasteiger partial charge in [0.15, 0.2) is 0 Å². The Hall–Kier alpha value is -2.93. The fourth-order valence-corrected chi connectivity index (χ4v) is 3.61. The minimum absolute atomic E-state index is 0.189. The lowest BCUT2D eigenvalue weighted by atomic mass is 9.93. The largest absolute Gasteiger partial charge is 0.465 e. The zero-order valence-corrected chi connectivity index (χ0v) is 15.1. The highest BCUT2D eigenvalue weighted by Gasteiger charge is 2.20. The number of carbonyl (C=O) groups excluding carboxylic acids is 1. The lowest BCUT2D eigenvalue weighted by Crippen LogP contribution is -2.29. The molecule has 2 N–H and O–H groups in total. The molecule has 0 atom stereocenters. The second kappa shape index (κ2) is 7.36. The zero-order valence-electron chi connectivity index (χ0n) is 15.1. The van der Waals surface area contributed by atoms with E-state index in [0.29, 0.717) is 11.5 Å². The topological polar surface area (TPSA) is 89.3 Å². The summed E-state index contributed by atoms with van der Waals surface area (Å²) in [6.07, 6.45) is 6.84. The van der Waals surface area contributed by atoms with Crippen LogP contribution in [0, 0.1) is 0 Å². The third-order valence-corrected chi connectivity index (χ3v) is 5.06. The summed E-state index contributed by atoms with van der Waals surface area (Å²) in [7, 11) is 1.38. The monoisotopic (exact) mass is 366 g/mol. The molecule has 0 bridgehead atoms. The van der Waals surface area contributed by atoms with Gasteiger partial charge in [-0.05, 0) is 49.9 Å². The molecule has 0 aliphatic heterocycles. The van der Waals surface area contributed by atoms with E-state index in [4.69, 9.17) is 4.74 Å². The van der Waals surface area contributed by atoms with Crippen molar-refractivity contribution in [2.75, 3.05) is 12.4 Å². The maximum atomic E-state index is 12.0. The van der Waals surface area contributed by atoms with Crippen molar-refractivity contribution < 1.29 is 14.6 Å². The van der Waals surface area contributed by atoms with Crippen LogP contribution in [0.3, 0.4) is 0 Å². The Bertz CT molecular complexity index is 961. The van der Waals surface area contributed by atoms with Crippen LogP contribution in [0.4, 0.5) is 5.95 Å². The Balaban J connectivity index is 1.63. The van der Waals surface area contributed by atoms with Crippen LogP contribution < -0.4 is 5.32 Å². The highest BCUT2D eigenvalue weighted by Crippen LogP contribution is 2.25. The summed E-state index contributed by atoms with van der Waals surface area (Å²) < 4.78 is 6.80. The number of benzene rings is 1. The fourth-order valence-electron chi connectivity index (χ4n) is 3.61. The van der Waals surface area contributed by atoms with Crippen LogP contribution in [-0.2, 0) is 4.74 Å². The van der Waals surface area contributed by atoms with Crippen LogP contribution in [-0.4, -0.2) is 44.9 Å². The van der Waals surface area contributed by atoms with E-state index < -0.39 is 0 Å². The molecule has 140 valence electrons. The van der Waals surface area contributed by atoms with Gasteiger partial charge >= 0.3 is 5.97 Å². The maximum absolute atomic E-state index is 12.0. The van der Waals surface area contributed by atoms with E-state index in [1.807, 2.05) is 35.0 Å². The number of ether oxygens (including phenoxy) is 1. The van der Waals surface area contributed by atoms with Gasteiger partial charge in [-0.25, -0.2) is 9.78 Å². The van der Waals surface area contributed by atoms with Gasteiger partial charge in [0.2, 0.25) is 5.95 Å². The van der Waals surface area contributed by atoms with Crippen LogP contribution in [0.1, 0.15) is 36.0 Å². The SMILES string of the molecule is COC(=O)c1cccc2c1ccn2-c1ccnc(NC2CCC(O)CC2)n1. The van der Waals surface area contributed by atoms with E-state index >= 15 is 0 Å². The number of aliphatic hydroxyl groups excluding tert-OH is 1. The minimum Gasteiger partial charge on any atom is -0.465 e. The molecule has 1 aliphatic rings. The number of rotatable bonds is 4. The van der Waals surface area contributed by atoms with Gasteiger partial charge in [-0.2, -0.15) is 4.98 Å². The predicted molar refractivity (Wildman–Crippen MR) is 102 cm³/mol. The van der Waals surface area contributed by atoms with Gasteiger partial charge < -0.3 is 19.7 Å². The summed E-state index contributed by atoms with van der Waals surface area (Å²) in [4.78, 5) is 21.0. The van der Waals surface area contributed by atoms with Crippen LogP contribution in [0.2, 0.25) is 0 Å². The number of hydrogen-bond donors (Lipinski definition) is 2. The summed E-state index contributed by atoms with van der Waals surface area (Å²) in [5, 5.41) is 13.8. The summed E-state index contributed by atoms with van der Waals surface area (Å²) >= 11 is 0. The van der Waals surface area contributed by atoms with Gasteiger partial charge in [0.05, 0.1) is 24.3 Å². The zero-order chi connectivity index (χ0) is 18.8. The highest BCUT2D eigenvalue weighted by atomic mass is 16.5. The number of nitrogens with zero attached hydrogens (tertiary/aromatic N) is 3. The van der Waals surface area contributed by atoms with Crippen molar-refractivity contribution in [3.05, 3.63) is 48.3 Å². The van der Waals surface area contributed by atoms with Crippen LogP contribution in [0.15, 0.2) is 42.7 Å². The number of fused-ring (bicyclic) bond motifs is 1. The molecule has 7 nitrogen and oxygen atoms in total. The Labute approximate surface area is 157 Å². The Morgan fingerprint density at radius 2 is 2.04 bits per heavy atom. The number of esters is 1. The second-order valence-corrected chi connectivity index (χ2v) is 6.80. The fraction of sp³-hybridized carbons (Fsp3) is 0.350. The van der Waals surface area contributed by atoms with E-state index in [-0.39, 0.29) is 18.1 Å². The molecule has 0 unspecified atom stereocenters. The Kier molecular flexibility index (Phi) is 4.77. The molecule has 27 heavy (non-hydrogen) atoms. The van der Waals surface area contributed by atoms with Crippen LogP contribution in [0.5, 0.6) is 0 Å². The second-order valence-electron chi connectivity index (χ2n) is 6.80. The molecular formula is C20H22N4O3. The Morgan fingerprint density at radius 3 is 2.81 bits per heavy atom. The van der Waals surface area contributed by atoms with Crippen molar-refractivity contribution in [3.8, 4) is 5.82 Å². The van der Waals surface area contributed by atoms with E-state index in [0.717, 1.165) is 42.4 Å². The van der Waals surface area contributed by atoms with Crippen molar-refractivity contribution in [2.24, 2.45) is 0 Å². The summed E-state index contributed by atoms with van der Waals surface area (Å²) in [6.45, 7) is 0. The maximum Gasteiger partial charge on any atom is 0.338 e. The van der Waals surface area contributed by atoms with Crippen molar-refractivity contribution in [2.45, 2.75) is 37.8 Å². The number of methoxy groups -OCH3 is 1. The number of carbonyl (C=O) groups is 1. The molecule has 0 saturated heterocycles. The molecule has 0 amide bonds. The molecule has 1 aliphatic carbocycles. The molecule has 1 saturated carbocycles. The first kappa shape index (κ1) is 17.5. The van der Waals surface area contributed by atoms with Crippen LogP contribution in [0.25, 0.3) is 16.7 Å². The van der Waals surface area contributed by atoms with E-state index in [2.05, 4.69) is 15.3 Å². The quantitative estimate of drug-likeness (QED) is 0.690. The Morgan fingerprint density at radius 1 is 1.22 bits per heavy atom. The minimum atomic E-state index is -0.358. The summed E-state index contributed by atoms with van der Waals surface area (Å²) in [5.74, 6) is 0.933. The van der Waals surface area contributed by atoms with Gasteiger partial charge in [-0.15, -0.1) is 0 Å². The smallest absolute Gasteiger partial charge is 0.338 e. The van der Waals surface area contributed by atoms with Crippen molar-refractivity contribution in [1.82, 2.24) is 14.5 Å². The third-order valence-electron chi connectivity index (χ3n) is 5.06. The number of hydrogen-bond acceptors (Lipinski definition) is 6. The lowest BCUT2D eigenvalue weighted by Gasteiger charge is -2.26. The number of nitrogens with one attached hydrogen (secondary N) is 1. The number of aliphatic hydroxyl groups is 1. The molecule has 0 radical (unpaired) electrons. The molecule has 2 aromatic heterocycles.